The number of benzene rings is 1. The van der Waals surface area contributed by atoms with Crippen LogP contribution >= 0.6 is 0 Å². The first kappa shape index (κ1) is 12.1. The topological polar surface area (TPSA) is 18.5 Å². The van der Waals surface area contributed by atoms with Crippen LogP contribution in [0.5, 0.6) is 5.75 Å². The summed E-state index contributed by atoms with van der Waals surface area (Å²) in [4.78, 5) is 0. The van der Waals surface area contributed by atoms with Crippen molar-refractivity contribution in [1.29, 1.82) is 0 Å². The van der Waals surface area contributed by atoms with Crippen LogP contribution < -0.4 is 10.2 Å². The molecule has 1 aromatic rings. The Morgan fingerprint density at radius 2 is 2.07 bits per heavy atom. The molecule has 0 fully saturated rings. The smallest absolute Gasteiger partial charge is 0.148 e. The quantitative estimate of drug-likeness (QED) is 0.520. The molecule has 0 spiro atoms. The van der Waals surface area contributed by atoms with Crippen molar-refractivity contribution < 1.29 is 9.47 Å². The van der Waals surface area contributed by atoms with E-state index in [-0.39, 0.29) is 0 Å². The number of hydrogen-bond acceptors (Lipinski definition) is 2. The Kier molecular flexibility index (Phi) is 5.26. The van der Waals surface area contributed by atoms with Gasteiger partial charge in [-0.05, 0) is 18.6 Å². The molecule has 15 heavy (non-hydrogen) atoms. The van der Waals surface area contributed by atoms with Crippen LogP contribution in [0.1, 0.15) is 12.0 Å². The van der Waals surface area contributed by atoms with E-state index in [0.29, 0.717) is 6.61 Å². The lowest BCUT2D eigenvalue weighted by molar-refractivity contribution is 0.172. The highest BCUT2D eigenvalue weighted by molar-refractivity contribution is 6.51. The van der Waals surface area contributed by atoms with Crippen LogP contribution in [0.15, 0.2) is 18.2 Å². The first-order valence-electron chi connectivity index (χ1n) is 5.29. The number of aryl methyl sites for hydroxylation is 1. The minimum Gasteiger partial charge on any atom is -0.493 e. The van der Waals surface area contributed by atoms with Gasteiger partial charge in [-0.1, -0.05) is 24.4 Å². The molecule has 0 unspecified atom stereocenters. The lowest BCUT2D eigenvalue weighted by Crippen LogP contribution is -2.12. The zero-order valence-electron chi connectivity index (χ0n) is 9.75. The van der Waals surface area contributed by atoms with Gasteiger partial charge in [-0.25, -0.2) is 0 Å². The predicted molar refractivity (Wildman–Crippen MR) is 64.4 cm³/mol. The molecule has 0 aliphatic heterocycles. The Bertz CT molecular complexity index is 300. The predicted octanol–water partition coefficient (Wildman–Crippen LogP) is 1.79. The highest BCUT2D eigenvalue weighted by Gasteiger charge is 2.00. The fourth-order valence-electron chi connectivity index (χ4n) is 1.34. The number of hydrogen-bond donors (Lipinski definition) is 0. The second-order valence-corrected chi connectivity index (χ2v) is 3.51. The first-order chi connectivity index (χ1) is 7.27. The Labute approximate surface area is 92.8 Å². The summed E-state index contributed by atoms with van der Waals surface area (Å²) in [5, 5.41) is 0. The number of methoxy groups -OCH3 is 1. The second-order valence-electron chi connectivity index (χ2n) is 3.51. The molecule has 0 aliphatic rings. The van der Waals surface area contributed by atoms with Crippen molar-refractivity contribution in [3.05, 3.63) is 23.8 Å². The van der Waals surface area contributed by atoms with Crippen LogP contribution in [0.3, 0.4) is 0 Å². The van der Waals surface area contributed by atoms with E-state index in [4.69, 9.17) is 9.47 Å². The fraction of sp³-hybridized carbons (Fsp3) is 0.500. The molecular formula is C12H18BO2. The van der Waals surface area contributed by atoms with Crippen molar-refractivity contribution in [3.63, 3.8) is 0 Å². The molecule has 0 saturated heterocycles. The van der Waals surface area contributed by atoms with Crippen LogP contribution in [0, 0.1) is 6.92 Å². The van der Waals surface area contributed by atoms with Gasteiger partial charge in [0, 0.05) is 20.1 Å². The molecule has 1 rings (SSSR count). The van der Waals surface area contributed by atoms with Crippen molar-refractivity contribution in [3.8, 4) is 5.75 Å². The average molecular weight is 205 g/mol. The number of ether oxygens (including phenoxy) is 2. The molecule has 1 radical (unpaired) electrons. The summed E-state index contributed by atoms with van der Waals surface area (Å²) >= 11 is 0. The molecule has 0 aromatic heterocycles. The lowest BCUT2D eigenvalue weighted by Gasteiger charge is -2.10. The molecule has 0 amide bonds. The highest BCUT2D eigenvalue weighted by Crippen LogP contribution is 2.15. The van der Waals surface area contributed by atoms with Crippen LogP contribution in [0.25, 0.3) is 0 Å². The summed E-state index contributed by atoms with van der Waals surface area (Å²) in [6.07, 6.45) is 0.927. The summed E-state index contributed by atoms with van der Waals surface area (Å²) in [6, 6.07) is 6.25. The maximum absolute atomic E-state index is 5.68. The van der Waals surface area contributed by atoms with E-state index < -0.39 is 0 Å². The van der Waals surface area contributed by atoms with Gasteiger partial charge in [-0.3, -0.25) is 0 Å². The van der Waals surface area contributed by atoms with Crippen molar-refractivity contribution in [2.24, 2.45) is 0 Å². The third-order valence-corrected chi connectivity index (χ3v) is 2.30. The summed E-state index contributed by atoms with van der Waals surface area (Å²) < 4.78 is 10.7. The first-order valence-corrected chi connectivity index (χ1v) is 5.29. The van der Waals surface area contributed by atoms with Crippen molar-refractivity contribution >= 4 is 12.7 Å². The number of rotatable bonds is 6. The summed E-state index contributed by atoms with van der Waals surface area (Å²) in [7, 11) is 3.78. The van der Waals surface area contributed by atoms with E-state index in [9.17, 15) is 0 Å². The monoisotopic (exact) mass is 205 g/mol. The SMILES string of the molecule is C[B]c1ccc(C)c(OCCCOC)c1. The third-order valence-electron chi connectivity index (χ3n) is 2.30. The van der Waals surface area contributed by atoms with Gasteiger partial charge in [-0.2, -0.15) is 0 Å². The second kappa shape index (κ2) is 6.51. The zero-order chi connectivity index (χ0) is 11.1. The standard InChI is InChI=1S/C12H18BO2/c1-10-5-6-11(13-2)9-12(10)15-8-4-7-14-3/h5-6,9H,4,7-8H2,1-3H3. The minimum absolute atomic E-state index is 0.710. The van der Waals surface area contributed by atoms with Gasteiger partial charge in [-0.15, -0.1) is 0 Å². The van der Waals surface area contributed by atoms with Crippen molar-refractivity contribution in [2.75, 3.05) is 20.3 Å². The van der Waals surface area contributed by atoms with Crippen LogP contribution in [0.4, 0.5) is 0 Å². The lowest BCUT2D eigenvalue weighted by atomic mass is 9.73. The van der Waals surface area contributed by atoms with Crippen molar-refractivity contribution in [2.45, 2.75) is 20.2 Å². The maximum Gasteiger partial charge on any atom is 0.148 e. The fourth-order valence-corrected chi connectivity index (χ4v) is 1.34. The molecule has 0 heterocycles. The van der Waals surface area contributed by atoms with E-state index in [1.54, 1.807) is 7.11 Å². The van der Waals surface area contributed by atoms with Gasteiger partial charge in [0.1, 0.15) is 13.0 Å². The van der Waals surface area contributed by atoms with Gasteiger partial charge >= 0.3 is 0 Å². The van der Waals surface area contributed by atoms with E-state index in [0.717, 1.165) is 18.8 Å². The van der Waals surface area contributed by atoms with Crippen LogP contribution in [0.2, 0.25) is 6.82 Å². The van der Waals surface area contributed by atoms with Gasteiger partial charge < -0.3 is 9.47 Å². The Morgan fingerprint density at radius 3 is 2.73 bits per heavy atom. The summed E-state index contributed by atoms with van der Waals surface area (Å²) in [5.41, 5.74) is 2.38. The van der Waals surface area contributed by atoms with E-state index >= 15 is 0 Å². The van der Waals surface area contributed by atoms with Crippen LogP contribution in [-0.4, -0.2) is 27.6 Å². The van der Waals surface area contributed by atoms with E-state index in [2.05, 4.69) is 32.4 Å². The largest absolute Gasteiger partial charge is 0.493 e. The van der Waals surface area contributed by atoms with Crippen molar-refractivity contribution in [1.82, 2.24) is 0 Å². The van der Waals surface area contributed by atoms with Gasteiger partial charge in [0.05, 0.1) is 6.61 Å². The molecule has 3 heteroatoms. The maximum atomic E-state index is 5.68. The Morgan fingerprint density at radius 1 is 1.27 bits per heavy atom. The highest BCUT2D eigenvalue weighted by atomic mass is 16.5. The molecule has 0 aliphatic carbocycles. The third kappa shape index (κ3) is 3.96. The molecule has 0 saturated carbocycles. The molecule has 0 bridgehead atoms. The van der Waals surface area contributed by atoms with Gasteiger partial charge in [0.2, 0.25) is 0 Å². The molecular weight excluding hydrogens is 187 g/mol. The minimum atomic E-state index is 0.710. The van der Waals surface area contributed by atoms with E-state index in [1.165, 1.54) is 11.0 Å². The van der Waals surface area contributed by atoms with Crippen LogP contribution in [-0.2, 0) is 4.74 Å². The van der Waals surface area contributed by atoms with Gasteiger partial charge in [0.25, 0.3) is 0 Å². The average Bonchev–Trinajstić information content (AvgIpc) is 2.26. The molecule has 0 N–H and O–H groups in total. The Balaban J connectivity index is 2.51. The van der Waals surface area contributed by atoms with E-state index in [1.807, 2.05) is 6.82 Å². The molecule has 0 atom stereocenters. The molecule has 2 nitrogen and oxygen atoms in total. The van der Waals surface area contributed by atoms with Gasteiger partial charge in [0.15, 0.2) is 0 Å². The zero-order valence-corrected chi connectivity index (χ0v) is 9.75. The normalized spacial score (nSPS) is 10.1. The molecule has 1 aromatic carbocycles. The molecule has 81 valence electrons. The summed E-state index contributed by atoms with van der Waals surface area (Å²) in [5.74, 6) is 0.974. The Hall–Kier alpha value is -0.955. The summed E-state index contributed by atoms with van der Waals surface area (Å²) in [6.45, 7) is 5.55.